The van der Waals surface area contributed by atoms with Crippen molar-refractivity contribution in [1.29, 1.82) is 0 Å². The van der Waals surface area contributed by atoms with E-state index in [4.69, 9.17) is 4.74 Å². The quantitative estimate of drug-likeness (QED) is 0.939. The molecule has 0 spiro atoms. The molecule has 21 heavy (non-hydrogen) atoms. The molecule has 1 N–H and O–H groups in total. The van der Waals surface area contributed by atoms with Gasteiger partial charge in [-0.25, -0.2) is 4.79 Å². The standard InChI is InChI=1S/C16H23N3O2/c1-11(2)18-8-4-5-12(18)10-19-15-7-6-13(21-3)9-14(15)17-16(19)20/h6-7,9,11-12H,4-5,8,10H2,1-3H3,(H,17,20). The number of aromatic nitrogens is 2. The molecule has 0 saturated carbocycles. The number of H-pyrrole nitrogens is 1. The van der Waals surface area contributed by atoms with Crippen LogP contribution in [0.5, 0.6) is 5.75 Å². The molecule has 0 bridgehead atoms. The zero-order valence-electron chi connectivity index (χ0n) is 12.9. The Hall–Kier alpha value is -1.75. The number of benzene rings is 1. The monoisotopic (exact) mass is 289 g/mol. The number of hydrogen-bond acceptors (Lipinski definition) is 3. The number of nitrogens with one attached hydrogen (secondary N) is 1. The fourth-order valence-electron chi connectivity index (χ4n) is 3.40. The van der Waals surface area contributed by atoms with E-state index in [0.717, 1.165) is 36.3 Å². The second-order valence-corrected chi connectivity index (χ2v) is 6.05. The minimum absolute atomic E-state index is 0.0335. The number of ether oxygens (including phenoxy) is 1. The molecule has 1 aliphatic heterocycles. The normalized spacial score (nSPS) is 19.7. The molecule has 1 aliphatic rings. The van der Waals surface area contributed by atoms with Crippen LogP contribution in [0.3, 0.4) is 0 Å². The summed E-state index contributed by atoms with van der Waals surface area (Å²) < 4.78 is 7.08. The summed E-state index contributed by atoms with van der Waals surface area (Å²) in [4.78, 5) is 17.7. The molecule has 1 unspecified atom stereocenters. The van der Waals surface area contributed by atoms with Gasteiger partial charge in [-0.15, -0.1) is 0 Å². The highest BCUT2D eigenvalue weighted by atomic mass is 16.5. The van der Waals surface area contributed by atoms with E-state index in [-0.39, 0.29) is 5.69 Å². The van der Waals surface area contributed by atoms with E-state index in [1.807, 2.05) is 22.8 Å². The van der Waals surface area contributed by atoms with Crippen LogP contribution < -0.4 is 10.4 Å². The van der Waals surface area contributed by atoms with Crippen molar-refractivity contribution in [2.24, 2.45) is 0 Å². The van der Waals surface area contributed by atoms with Crippen LogP contribution in [0.15, 0.2) is 23.0 Å². The van der Waals surface area contributed by atoms with Gasteiger partial charge in [0, 0.05) is 24.7 Å². The Morgan fingerprint density at radius 1 is 1.43 bits per heavy atom. The highest BCUT2D eigenvalue weighted by molar-refractivity contribution is 5.77. The second kappa shape index (κ2) is 5.56. The lowest BCUT2D eigenvalue weighted by molar-refractivity contribution is 0.187. The third kappa shape index (κ3) is 2.58. The number of nitrogens with zero attached hydrogens (tertiary/aromatic N) is 2. The van der Waals surface area contributed by atoms with E-state index in [1.165, 1.54) is 6.42 Å². The number of likely N-dealkylation sites (tertiary alicyclic amines) is 1. The van der Waals surface area contributed by atoms with Crippen LogP contribution in [-0.2, 0) is 6.54 Å². The number of aromatic amines is 1. The van der Waals surface area contributed by atoms with Crippen LogP contribution >= 0.6 is 0 Å². The predicted octanol–water partition coefficient (Wildman–Crippen LogP) is 2.21. The van der Waals surface area contributed by atoms with E-state index < -0.39 is 0 Å². The van der Waals surface area contributed by atoms with Gasteiger partial charge in [-0.3, -0.25) is 9.47 Å². The molecule has 1 aromatic heterocycles. The summed E-state index contributed by atoms with van der Waals surface area (Å²) >= 11 is 0. The first kappa shape index (κ1) is 14.2. The topological polar surface area (TPSA) is 50.3 Å². The molecular formula is C16H23N3O2. The van der Waals surface area contributed by atoms with Crippen molar-refractivity contribution in [2.75, 3.05) is 13.7 Å². The lowest BCUT2D eigenvalue weighted by Crippen LogP contribution is -2.39. The van der Waals surface area contributed by atoms with Crippen molar-refractivity contribution in [3.8, 4) is 5.75 Å². The Morgan fingerprint density at radius 3 is 2.95 bits per heavy atom. The molecule has 2 heterocycles. The molecule has 0 radical (unpaired) electrons. The first-order valence-corrected chi connectivity index (χ1v) is 7.62. The van der Waals surface area contributed by atoms with Gasteiger partial charge in [0.05, 0.1) is 18.1 Å². The van der Waals surface area contributed by atoms with Gasteiger partial charge >= 0.3 is 5.69 Å². The number of imidazole rings is 1. The SMILES string of the molecule is COc1ccc2c(c1)[nH]c(=O)n2CC1CCCN1C(C)C. The largest absolute Gasteiger partial charge is 0.497 e. The van der Waals surface area contributed by atoms with Crippen molar-refractivity contribution >= 4 is 11.0 Å². The van der Waals surface area contributed by atoms with Gasteiger partial charge in [0.25, 0.3) is 0 Å². The van der Waals surface area contributed by atoms with Crippen molar-refractivity contribution < 1.29 is 4.74 Å². The molecule has 5 nitrogen and oxygen atoms in total. The Kier molecular flexibility index (Phi) is 3.76. The average Bonchev–Trinajstić information content (AvgIpc) is 3.04. The first-order valence-electron chi connectivity index (χ1n) is 7.62. The van der Waals surface area contributed by atoms with E-state index in [2.05, 4.69) is 23.7 Å². The molecule has 1 atom stereocenters. The van der Waals surface area contributed by atoms with Crippen LogP contribution in [0.25, 0.3) is 11.0 Å². The Balaban J connectivity index is 1.93. The van der Waals surface area contributed by atoms with Crippen LogP contribution in [0.4, 0.5) is 0 Å². The molecule has 2 aromatic rings. The number of methoxy groups -OCH3 is 1. The maximum absolute atomic E-state index is 12.3. The predicted molar refractivity (Wildman–Crippen MR) is 84.0 cm³/mol. The first-order chi connectivity index (χ1) is 10.1. The number of hydrogen-bond donors (Lipinski definition) is 1. The summed E-state index contributed by atoms with van der Waals surface area (Å²) in [5.74, 6) is 0.764. The maximum atomic E-state index is 12.3. The smallest absolute Gasteiger partial charge is 0.326 e. The van der Waals surface area contributed by atoms with Crippen LogP contribution in [-0.4, -0.2) is 40.2 Å². The zero-order valence-corrected chi connectivity index (χ0v) is 12.9. The zero-order chi connectivity index (χ0) is 15.0. The van der Waals surface area contributed by atoms with Gasteiger partial charge in [-0.05, 0) is 45.4 Å². The van der Waals surface area contributed by atoms with Crippen molar-refractivity contribution in [1.82, 2.24) is 14.5 Å². The number of fused-ring (bicyclic) bond motifs is 1. The highest BCUT2D eigenvalue weighted by Gasteiger charge is 2.27. The summed E-state index contributed by atoms with van der Waals surface area (Å²) in [6.07, 6.45) is 2.38. The summed E-state index contributed by atoms with van der Waals surface area (Å²) in [5, 5.41) is 0. The Morgan fingerprint density at radius 2 is 2.24 bits per heavy atom. The lowest BCUT2D eigenvalue weighted by atomic mass is 10.2. The highest BCUT2D eigenvalue weighted by Crippen LogP contribution is 2.23. The van der Waals surface area contributed by atoms with Crippen molar-refractivity contribution in [3.05, 3.63) is 28.7 Å². The molecule has 1 fully saturated rings. The van der Waals surface area contributed by atoms with Gasteiger partial charge in [-0.1, -0.05) is 0 Å². The van der Waals surface area contributed by atoms with Crippen LogP contribution in [0.2, 0.25) is 0 Å². The van der Waals surface area contributed by atoms with Crippen LogP contribution in [0, 0.1) is 0 Å². The summed E-state index contributed by atoms with van der Waals surface area (Å²) in [5.41, 5.74) is 1.76. The van der Waals surface area contributed by atoms with Gasteiger partial charge in [0.1, 0.15) is 5.75 Å². The van der Waals surface area contributed by atoms with Gasteiger partial charge in [0.2, 0.25) is 0 Å². The van der Waals surface area contributed by atoms with Crippen molar-refractivity contribution in [2.45, 2.75) is 45.3 Å². The minimum atomic E-state index is -0.0335. The number of rotatable bonds is 4. The third-order valence-electron chi connectivity index (χ3n) is 4.46. The maximum Gasteiger partial charge on any atom is 0.326 e. The second-order valence-electron chi connectivity index (χ2n) is 6.05. The fraction of sp³-hybridized carbons (Fsp3) is 0.562. The fourth-order valence-corrected chi connectivity index (χ4v) is 3.40. The van der Waals surface area contributed by atoms with E-state index in [1.54, 1.807) is 7.11 Å². The summed E-state index contributed by atoms with van der Waals surface area (Å²) in [6, 6.07) is 6.71. The minimum Gasteiger partial charge on any atom is -0.497 e. The van der Waals surface area contributed by atoms with E-state index in [9.17, 15) is 4.79 Å². The Bertz CT molecular complexity index is 686. The van der Waals surface area contributed by atoms with Crippen LogP contribution in [0.1, 0.15) is 26.7 Å². The van der Waals surface area contributed by atoms with E-state index in [0.29, 0.717) is 12.1 Å². The van der Waals surface area contributed by atoms with Gasteiger partial charge < -0.3 is 9.72 Å². The molecule has 114 valence electrons. The molecule has 5 heteroatoms. The lowest BCUT2D eigenvalue weighted by Gasteiger charge is -2.28. The van der Waals surface area contributed by atoms with Gasteiger partial charge in [0.15, 0.2) is 0 Å². The Labute approximate surface area is 124 Å². The molecule has 1 aromatic carbocycles. The molecule has 3 rings (SSSR count). The summed E-state index contributed by atoms with van der Waals surface area (Å²) in [6.45, 7) is 6.33. The molecule has 1 saturated heterocycles. The molecule has 0 aliphatic carbocycles. The van der Waals surface area contributed by atoms with Crippen molar-refractivity contribution in [3.63, 3.8) is 0 Å². The third-order valence-corrected chi connectivity index (χ3v) is 4.46. The van der Waals surface area contributed by atoms with E-state index >= 15 is 0 Å². The molecular weight excluding hydrogens is 266 g/mol. The van der Waals surface area contributed by atoms with Gasteiger partial charge in [-0.2, -0.15) is 0 Å². The average molecular weight is 289 g/mol. The molecule has 0 amide bonds. The summed E-state index contributed by atoms with van der Waals surface area (Å²) in [7, 11) is 1.63.